The molecule has 3 aromatic rings. The Morgan fingerprint density at radius 1 is 1.15 bits per heavy atom. The van der Waals surface area contributed by atoms with Gasteiger partial charge in [0.1, 0.15) is 5.39 Å². The van der Waals surface area contributed by atoms with E-state index in [0.717, 1.165) is 25.7 Å². The van der Waals surface area contributed by atoms with Crippen molar-refractivity contribution < 1.29 is 13.5 Å². The number of hydrogen-bond acceptors (Lipinski definition) is 7. The maximum absolute atomic E-state index is 13.4. The molecule has 39 heavy (non-hydrogen) atoms. The number of rotatable bonds is 5. The van der Waals surface area contributed by atoms with Crippen LogP contribution in [0.2, 0.25) is 0 Å². The molecule has 3 aliphatic rings. The summed E-state index contributed by atoms with van der Waals surface area (Å²) in [5.41, 5.74) is 1.73. The van der Waals surface area contributed by atoms with E-state index in [1.165, 1.54) is 0 Å². The number of allylic oxidation sites excluding steroid dienone is 1. The Balaban J connectivity index is 1.30. The van der Waals surface area contributed by atoms with Crippen molar-refractivity contribution in [1.82, 2.24) is 19.1 Å². The molecule has 0 unspecified atom stereocenters. The molecule has 10 nitrogen and oxygen atoms in total. The third kappa shape index (κ3) is 4.41. The SMILES string of the molecule is C=C(O)C1CCC(N2Cc3cc(Nc4nn([C@H]5CCCC[C@@H]5C#N)c5cc[nH]c(=O)c45)ccc3S2(=O)=O)CC1. The van der Waals surface area contributed by atoms with Gasteiger partial charge in [-0.2, -0.15) is 14.7 Å². The van der Waals surface area contributed by atoms with E-state index in [1.807, 2.05) is 16.8 Å². The van der Waals surface area contributed by atoms with E-state index in [1.54, 1.807) is 22.6 Å². The Kier molecular flexibility index (Phi) is 6.47. The number of nitriles is 1. The normalized spacial score (nSPS) is 26.6. The van der Waals surface area contributed by atoms with Crippen LogP contribution in [0.1, 0.15) is 63.0 Å². The highest BCUT2D eigenvalue weighted by atomic mass is 32.2. The second kappa shape index (κ2) is 9.84. The zero-order valence-corrected chi connectivity index (χ0v) is 22.5. The molecule has 0 amide bonds. The third-order valence-corrected chi connectivity index (χ3v) is 10.6. The van der Waals surface area contributed by atoms with Gasteiger partial charge in [-0.1, -0.05) is 19.4 Å². The van der Waals surface area contributed by atoms with Crippen LogP contribution in [0.5, 0.6) is 0 Å². The number of aromatic nitrogens is 3. The number of pyridine rings is 1. The van der Waals surface area contributed by atoms with Crippen LogP contribution in [-0.4, -0.2) is 38.6 Å². The summed E-state index contributed by atoms with van der Waals surface area (Å²) in [5.74, 6) is 0.418. The van der Waals surface area contributed by atoms with Gasteiger partial charge in [-0.25, -0.2) is 8.42 Å². The van der Waals surface area contributed by atoms with Crippen LogP contribution in [0.15, 0.2) is 52.5 Å². The minimum absolute atomic E-state index is 0.0274. The fourth-order valence-corrected chi connectivity index (χ4v) is 8.42. The lowest BCUT2D eigenvalue weighted by Crippen LogP contribution is -2.38. The number of H-pyrrole nitrogens is 1. The summed E-state index contributed by atoms with van der Waals surface area (Å²) in [6.45, 7) is 3.92. The fraction of sp³-hybridized carbons (Fsp3) is 0.464. The number of aliphatic hydroxyl groups excluding tert-OH is 1. The van der Waals surface area contributed by atoms with E-state index in [4.69, 9.17) is 5.10 Å². The Morgan fingerprint density at radius 3 is 2.67 bits per heavy atom. The van der Waals surface area contributed by atoms with Crippen molar-refractivity contribution in [3.63, 3.8) is 0 Å². The molecule has 6 rings (SSSR count). The number of nitrogens with one attached hydrogen (secondary N) is 2. The van der Waals surface area contributed by atoms with Crippen LogP contribution < -0.4 is 10.9 Å². The molecule has 2 aromatic heterocycles. The first-order chi connectivity index (χ1) is 18.8. The largest absolute Gasteiger partial charge is 0.513 e. The van der Waals surface area contributed by atoms with Crippen LogP contribution in [0.4, 0.5) is 11.5 Å². The van der Waals surface area contributed by atoms with Gasteiger partial charge in [-0.05, 0) is 68.4 Å². The molecule has 1 aliphatic heterocycles. The van der Waals surface area contributed by atoms with Crippen molar-refractivity contribution in [2.75, 3.05) is 5.32 Å². The number of sulfonamides is 1. The lowest BCUT2D eigenvalue weighted by molar-refractivity contribution is 0.200. The monoisotopic (exact) mass is 548 g/mol. The first kappa shape index (κ1) is 25.6. The Hall–Kier alpha value is -3.62. The quantitative estimate of drug-likeness (QED) is 0.386. The van der Waals surface area contributed by atoms with Crippen molar-refractivity contribution in [1.29, 1.82) is 5.26 Å². The molecule has 3 heterocycles. The first-order valence-corrected chi connectivity index (χ1v) is 15.0. The maximum Gasteiger partial charge on any atom is 0.261 e. The second-order valence-electron chi connectivity index (χ2n) is 10.9. The topological polar surface area (TPSA) is 144 Å². The predicted octanol–water partition coefficient (Wildman–Crippen LogP) is 4.86. The van der Waals surface area contributed by atoms with Crippen molar-refractivity contribution >= 4 is 32.4 Å². The average Bonchev–Trinajstić information content (AvgIpc) is 3.43. The van der Waals surface area contributed by atoms with Crippen LogP contribution in [0.25, 0.3) is 10.9 Å². The number of nitrogens with zero attached hydrogens (tertiary/aromatic N) is 4. The Labute approximate surface area is 227 Å². The summed E-state index contributed by atoms with van der Waals surface area (Å²) in [4.78, 5) is 15.9. The van der Waals surface area contributed by atoms with E-state index in [-0.39, 0.29) is 41.8 Å². The van der Waals surface area contributed by atoms with Crippen LogP contribution >= 0.6 is 0 Å². The van der Waals surface area contributed by atoms with Gasteiger partial charge in [-0.3, -0.25) is 9.48 Å². The predicted molar refractivity (Wildman–Crippen MR) is 147 cm³/mol. The molecule has 0 spiro atoms. The molecule has 0 bridgehead atoms. The van der Waals surface area contributed by atoms with E-state index < -0.39 is 10.0 Å². The van der Waals surface area contributed by atoms with Gasteiger partial charge >= 0.3 is 0 Å². The molecule has 204 valence electrons. The van der Waals surface area contributed by atoms with Gasteiger partial charge in [0.2, 0.25) is 10.0 Å². The zero-order valence-electron chi connectivity index (χ0n) is 21.6. The van der Waals surface area contributed by atoms with Crippen LogP contribution in [0.3, 0.4) is 0 Å². The molecule has 1 aromatic carbocycles. The van der Waals surface area contributed by atoms with Gasteiger partial charge in [-0.15, -0.1) is 0 Å². The molecule has 2 fully saturated rings. The fourth-order valence-electron chi connectivity index (χ4n) is 6.57. The molecule has 11 heteroatoms. The summed E-state index contributed by atoms with van der Waals surface area (Å²) in [6, 6.07) is 9.14. The van der Waals surface area contributed by atoms with Crippen LogP contribution in [0, 0.1) is 23.2 Å². The Morgan fingerprint density at radius 2 is 1.92 bits per heavy atom. The van der Waals surface area contributed by atoms with Gasteiger partial charge in [0.25, 0.3) is 5.56 Å². The summed E-state index contributed by atoms with van der Waals surface area (Å²) in [6.07, 6.45) is 8.02. The molecule has 2 saturated carbocycles. The average molecular weight is 549 g/mol. The Bertz CT molecular complexity index is 1640. The zero-order chi connectivity index (χ0) is 27.3. The van der Waals surface area contributed by atoms with Gasteiger partial charge in [0.05, 0.1) is 34.2 Å². The third-order valence-electron chi connectivity index (χ3n) is 8.65. The molecule has 3 N–H and O–H groups in total. The summed E-state index contributed by atoms with van der Waals surface area (Å²) >= 11 is 0. The lowest BCUT2D eigenvalue weighted by Gasteiger charge is -2.33. The summed E-state index contributed by atoms with van der Waals surface area (Å²) in [5, 5.41) is 27.9. The van der Waals surface area contributed by atoms with E-state index in [2.05, 4.69) is 22.9 Å². The minimum Gasteiger partial charge on any atom is -0.513 e. The van der Waals surface area contributed by atoms with Crippen molar-refractivity contribution in [3.8, 4) is 6.07 Å². The molecular formula is C28H32N6O4S. The smallest absolute Gasteiger partial charge is 0.261 e. The summed E-state index contributed by atoms with van der Waals surface area (Å²) in [7, 11) is -3.62. The number of aliphatic hydroxyl groups is 1. The molecule has 0 radical (unpaired) electrons. The molecule has 2 atom stereocenters. The number of benzene rings is 1. The molecular weight excluding hydrogens is 516 g/mol. The van der Waals surface area contributed by atoms with Gasteiger partial charge in [0.15, 0.2) is 5.82 Å². The lowest BCUT2D eigenvalue weighted by atomic mass is 9.85. The maximum atomic E-state index is 13.4. The van der Waals surface area contributed by atoms with E-state index in [9.17, 15) is 23.6 Å². The van der Waals surface area contributed by atoms with E-state index >= 15 is 0 Å². The molecule has 2 aliphatic carbocycles. The molecule has 0 saturated heterocycles. The second-order valence-corrected chi connectivity index (χ2v) is 12.8. The highest BCUT2D eigenvalue weighted by molar-refractivity contribution is 7.89. The summed E-state index contributed by atoms with van der Waals surface area (Å²) < 4.78 is 30.2. The van der Waals surface area contributed by atoms with Gasteiger partial charge < -0.3 is 15.4 Å². The first-order valence-electron chi connectivity index (χ1n) is 13.6. The highest BCUT2D eigenvalue weighted by Crippen LogP contribution is 2.40. The van der Waals surface area contributed by atoms with Crippen molar-refractivity contribution in [2.24, 2.45) is 11.8 Å². The number of hydrogen-bond donors (Lipinski definition) is 3. The van der Waals surface area contributed by atoms with Gasteiger partial charge in [0, 0.05) is 30.4 Å². The van der Waals surface area contributed by atoms with Crippen molar-refractivity contribution in [3.05, 3.63) is 58.7 Å². The standard InChI is InChI=1S/C28H32N6O4S/c1-17(35)18-6-9-22(10-7-18)33-16-20-14-21(8-11-25(20)39(33,37)38)31-27-26-24(12-13-30-28(26)36)34(32-27)23-5-3-2-4-19(23)15-29/h8,11-14,18-19,22-23,35H,1-7,9-10,16H2,(H,30,36)(H,31,32)/t18?,19-,22?,23+/m1/s1. The van der Waals surface area contributed by atoms with Crippen LogP contribution in [-0.2, 0) is 16.6 Å². The number of anilines is 2. The van der Waals surface area contributed by atoms with E-state index in [0.29, 0.717) is 58.6 Å². The highest BCUT2D eigenvalue weighted by Gasteiger charge is 2.41. The number of fused-ring (bicyclic) bond motifs is 2. The minimum atomic E-state index is -3.62. The number of aromatic amines is 1. The van der Waals surface area contributed by atoms with Crippen molar-refractivity contribution in [2.45, 2.75) is 74.9 Å².